The van der Waals surface area contributed by atoms with Crippen LogP contribution in [-0.4, -0.2) is 25.9 Å². The normalized spacial score (nSPS) is 19.1. The molecule has 0 unspecified atom stereocenters. The van der Waals surface area contributed by atoms with Crippen LogP contribution in [0.1, 0.15) is 52.5 Å². The number of aryl methyl sites for hydroxylation is 2. The third-order valence-corrected chi connectivity index (χ3v) is 8.37. The number of benzene rings is 2. The van der Waals surface area contributed by atoms with Crippen molar-refractivity contribution >= 4 is 28.7 Å². The molecular weight excluding hydrogens is 496 g/mol. The molecule has 3 aromatic rings. The molecule has 7 heteroatoms. The van der Waals surface area contributed by atoms with E-state index in [0.717, 1.165) is 38.0 Å². The van der Waals surface area contributed by atoms with Crippen LogP contribution in [-0.2, 0) is 9.59 Å². The molecule has 38 heavy (non-hydrogen) atoms. The van der Waals surface area contributed by atoms with Crippen molar-refractivity contribution in [3.05, 3.63) is 98.0 Å². The minimum absolute atomic E-state index is 0.00462. The van der Waals surface area contributed by atoms with Gasteiger partial charge in [0.25, 0.3) is 5.91 Å². The first-order chi connectivity index (χ1) is 18.3. The number of Topliss-reactive ketones (excluding diaryl/α,β-unsaturated/α-hetero) is 1. The fourth-order valence-electron chi connectivity index (χ4n) is 5.41. The summed E-state index contributed by atoms with van der Waals surface area (Å²) in [6, 6.07) is 17.7. The average molecular weight is 529 g/mol. The second kappa shape index (κ2) is 10.5. The molecule has 2 atom stereocenters. The van der Waals surface area contributed by atoms with Crippen molar-refractivity contribution in [3.8, 4) is 11.5 Å². The van der Waals surface area contributed by atoms with Crippen LogP contribution in [0.3, 0.4) is 0 Å². The van der Waals surface area contributed by atoms with E-state index in [1.807, 2.05) is 75.4 Å². The van der Waals surface area contributed by atoms with E-state index in [9.17, 15) is 9.59 Å². The molecule has 6 nitrogen and oxygen atoms in total. The summed E-state index contributed by atoms with van der Waals surface area (Å²) in [5, 5.41) is 6.51. The van der Waals surface area contributed by atoms with Crippen molar-refractivity contribution < 1.29 is 19.1 Å². The first kappa shape index (κ1) is 25.8. The minimum atomic E-state index is -0.408. The van der Waals surface area contributed by atoms with Crippen LogP contribution >= 0.6 is 11.3 Å². The van der Waals surface area contributed by atoms with Gasteiger partial charge in [0.2, 0.25) is 0 Å². The molecular formula is C31H32N2O4S. The quantitative estimate of drug-likeness (QED) is 0.388. The third-order valence-electron chi connectivity index (χ3n) is 7.31. The van der Waals surface area contributed by atoms with Gasteiger partial charge in [-0.3, -0.25) is 9.59 Å². The van der Waals surface area contributed by atoms with E-state index < -0.39 is 5.92 Å². The number of anilines is 1. The second-order valence-corrected chi connectivity index (χ2v) is 11.2. The van der Waals surface area contributed by atoms with Crippen molar-refractivity contribution in [2.75, 3.05) is 19.5 Å². The molecule has 196 valence electrons. The number of amides is 1. The van der Waals surface area contributed by atoms with Gasteiger partial charge in [0.05, 0.1) is 20.1 Å². The molecule has 1 aromatic heterocycles. The molecule has 2 N–H and O–H groups in total. The van der Waals surface area contributed by atoms with Gasteiger partial charge in [0.15, 0.2) is 17.3 Å². The lowest BCUT2D eigenvalue weighted by atomic mass is 9.73. The number of dihydropyridines is 1. The van der Waals surface area contributed by atoms with E-state index in [1.165, 1.54) is 0 Å². The summed E-state index contributed by atoms with van der Waals surface area (Å²) in [7, 11) is 3.22. The Morgan fingerprint density at radius 2 is 1.68 bits per heavy atom. The van der Waals surface area contributed by atoms with Gasteiger partial charge < -0.3 is 20.1 Å². The second-order valence-electron chi connectivity index (χ2n) is 9.90. The van der Waals surface area contributed by atoms with Crippen LogP contribution < -0.4 is 20.1 Å². The Labute approximate surface area is 227 Å². The predicted octanol–water partition coefficient (Wildman–Crippen LogP) is 6.38. The number of hydrogen-bond donors (Lipinski definition) is 2. The molecule has 0 saturated carbocycles. The van der Waals surface area contributed by atoms with Gasteiger partial charge >= 0.3 is 0 Å². The number of carbonyl (C=O) groups is 2. The topological polar surface area (TPSA) is 76.7 Å². The maximum Gasteiger partial charge on any atom is 0.254 e. The molecule has 0 bridgehead atoms. The van der Waals surface area contributed by atoms with Crippen LogP contribution in [0.4, 0.5) is 5.69 Å². The van der Waals surface area contributed by atoms with Gasteiger partial charge in [-0.25, -0.2) is 0 Å². The fourth-order valence-corrected chi connectivity index (χ4v) is 6.41. The van der Waals surface area contributed by atoms with Crippen molar-refractivity contribution in [1.29, 1.82) is 0 Å². The first-order valence-electron chi connectivity index (χ1n) is 12.7. The number of hydrogen-bond acceptors (Lipinski definition) is 6. The Hall–Kier alpha value is -3.84. The maximum atomic E-state index is 13.8. The van der Waals surface area contributed by atoms with Gasteiger partial charge in [-0.05, 0) is 75.1 Å². The van der Waals surface area contributed by atoms with Gasteiger partial charge in [0.1, 0.15) is 0 Å². The zero-order valence-corrected chi connectivity index (χ0v) is 23.1. The smallest absolute Gasteiger partial charge is 0.254 e. The lowest BCUT2D eigenvalue weighted by molar-refractivity contribution is -0.116. The summed E-state index contributed by atoms with van der Waals surface area (Å²) < 4.78 is 10.9. The number of methoxy groups -OCH3 is 2. The Kier molecular flexibility index (Phi) is 7.13. The zero-order chi connectivity index (χ0) is 27.0. The van der Waals surface area contributed by atoms with Crippen LogP contribution in [0, 0.1) is 13.8 Å². The third kappa shape index (κ3) is 4.86. The number of nitrogens with one attached hydrogen (secondary N) is 2. The molecule has 0 spiro atoms. The standard InChI is InChI=1S/C31H32N2O4S/c1-17-6-10-22(11-7-17)33-31(35)28-19(3)32-23-14-21(20-9-12-25(36-4)26(16-20)37-5)15-24(34)29(23)30(28)27-13-8-18(2)38-27/h6-13,16,21,30,32H,14-15H2,1-5H3,(H,33,35)/t21-,30+/m1/s1. The van der Waals surface area contributed by atoms with Crippen LogP contribution in [0.25, 0.3) is 0 Å². The van der Waals surface area contributed by atoms with E-state index in [0.29, 0.717) is 35.5 Å². The lowest BCUT2D eigenvalue weighted by Crippen LogP contribution is -2.36. The Morgan fingerprint density at radius 1 is 0.947 bits per heavy atom. The molecule has 1 aliphatic heterocycles. The summed E-state index contributed by atoms with van der Waals surface area (Å²) in [5.74, 6) is 0.750. The summed E-state index contributed by atoms with van der Waals surface area (Å²) in [4.78, 5) is 29.7. The van der Waals surface area contributed by atoms with E-state index in [-0.39, 0.29) is 17.6 Å². The first-order valence-corrected chi connectivity index (χ1v) is 13.5. The van der Waals surface area contributed by atoms with Gasteiger partial charge in [-0.15, -0.1) is 11.3 Å². The number of carbonyl (C=O) groups excluding carboxylic acids is 2. The van der Waals surface area contributed by atoms with Gasteiger partial charge in [-0.2, -0.15) is 0 Å². The highest BCUT2D eigenvalue weighted by molar-refractivity contribution is 7.12. The van der Waals surface area contributed by atoms with Crippen molar-refractivity contribution in [3.63, 3.8) is 0 Å². The van der Waals surface area contributed by atoms with E-state index >= 15 is 0 Å². The molecule has 1 amide bonds. The maximum absolute atomic E-state index is 13.8. The van der Waals surface area contributed by atoms with Crippen LogP contribution in [0.5, 0.6) is 11.5 Å². The monoisotopic (exact) mass is 528 g/mol. The van der Waals surface area contributed by atoms with E-state index in [1.54, 1.807) is 25.6 Å². The Bertz CT molecular complexity index is 1470. The van der Waals surface area contributed by atoms with Crippen molar-refractivity contribution in [2.24, 2.45) is 0 Å². The molecule has 2 heterocycles. The number of ketones is 1. The Balaban J connectivity index is 1.52. The number of rotatable bonds is 6. The zero-order valence-electron chi connectivity index (χ0n) is 22.3. The van der Waals surface area contributed by atoms with Gasteiger partial charge in [-0.1, -0.05) is 23.8 Å². The van der Waals surface area contributed by atoms with E-state index in [4.69, 9.17) is 9.47 Å². The number of ether oxygens (including phenoxy) is 2. The summed E-state index contributed by atoms with van der Waals surface area (Å²) in [6.07, 6.45) is 1.03. The van der Waals surface area contributed by atoms with Crippen LogP contribution in [0.15, 0.2) is 77.1 Å². The molecule has 1 aliphatic carbocycles. The predicted molar refractivity (Wildman–Crippen MR) is 151 cm³/mol. The van der Waals surface area contributed by atoms with Gasteiger partial charge in [0, 0.05) is 44.4 Å². The minimum Gasteiger partial charge on any atom is -0.493 e. The lowest BCUT2D eigenvalue weighted by Gasteiger charge is -2.36. The largest absolute Gasteiger partial charge is 0.493 e. The summed E-state index contributed by atoms with van der Waals surface area (Å²) in [6.45, 7) is 5.98. The van der Waals surface area contributed by atoms with Crippen molar-refractivity contribution in [2.45, 2.75) is 45.4 Å². The fraction of sp³-hybridized carbons (Fsp3) is 0.290. The molecule has 2 aromatic carbocycles. The Morgan fingerprint density at radius 3 is 2.34 bits per heavy atom. The average Bonchev–Trinajstić information content (AvgIpc) is 3.34. The number of thiophene rings is 1. The highest BCUT2D eigenvalue weighted by atomic mass is 32.1. The SMILES string of the molecule is COc1ccc([C@H]2CC(=O)C3=C(C2)NC(C)=C(C(=O)Nc2ccc(C)cc2)[C@@H]3c2ccc(C)s2)cc1OC. The highest BCUT2D eigenvalue weighted by Crippen LogP contribution is 2.47. The molecule has 0 saturated heterocycles. The molecule has 0 radical (unpaired) electrons. The summed E-state index contributed by atoms with van der Waals surface area (Å²) in [5.41, 5.74) is 5.82. The van der Waals surface area contributed by atoms with E-state index in [2.05, 4.69) is 10.6 Å². The summed E-state index contributed by atoms with van der Waals surface area (Å²) >= 11 is 1.63. The molecule has 2 aliphatic rings. The number of allylic oxidation sites excluding steroid dienone is 3. The molecule has 5 rings (SSSR count). The van der Waals surface area contributed by atoms with Crippen LogP contribution in [0.2, 0.25) is 0 Å². The van der Waals surface area contributed by atoms with Crippen molar-refractivity contribution in [1.82, 2.24) is 5.32 Å². The highest BCUT2D eigenvalue weighted by Gasteiger charge is 2.41. The molecule has 0 fully saturated rings.